The van der Waals surface area contributed by atoms with Gasteiger partial charge in [0, 0.05) is 19.7 Å². The van der Waals surface area contributed by atoms with Crippen LogP contribution in [0.3, 0.4) is 0 Å². The van der Waals surface area contributed by atoms with E-state index in [9.17, 15) is 18.0 Å². The van der Waals surface area contributed by atoms with Gasteiger partial charge in [0.15, 0.2) is 0 Å². The van der Waals surface area contributed by atoms with Gasteiger partial charge in [0.05, 0.1) is 4.90 Å². The number of sulfonamides is 1. The zero-order valence-corrected chi connectivity index (χ0v) is 13.7. The molecule has 122 valence electrons. The molecule has 22 heavy (non-hydrogen) atoms. The quantitative estimate of drug-likeness (QED) is 0.803. The molecule has 0 bridgehead atoms. The van der Waals surface area contributed by atoms with Crippen molar-refractivity contribution in [3.8, 4) is 0 Å². The summed E-state index contributed by atoms with van der Waals surface area (Å²) in [5.74, 6) is -1.94. The molecule has 8 heteroatoms. The van der Waals surface area contributed by atoms with Gasteiger partial charge in [-0.3, -0.25) is 4.79 Å². The van der Waals surface area contributed by atoms with Crippen LogP contribution >= 0.6 is 0 Å². The molecule has 1 aromatic rings. The maximum Gasteiger partial charge on any atom is 0.326 e. The fraction of sp³-hybridized carbons (Fsp3) is 0.429. The lowest BCUT2D eigenvalue weighted by atomic mass is 10.0. The van der Waals surface area contributed by atoms with Gasteiger partial charge in [0.1, 0.15) is 6.04 Å². The number of carboxylic acid groups (broad SMARTS) is 1. The smallest absolute Gasteiger partial charge is 0.326 e. The summed E-state index contributed by atoms with van der Waals surface area (Å²) >= 11 is 0. The van der Waals surface area contributed by atoms with Gasteiger partial charge in [0.2, 0.25) is 10.0 Å². The topological polar surface area (TPSA) is 104 Å². The Morgan fingerprint density at radius 1 is 1.14 bits per heavy atom. The fourth-order valence-corrected chi connectivity index (χ4v) is 2.63. The van der Waals surface area contributed by atoms with Crippen molar-refractivity contribution in [3.05, 3.63) is 29.8 Å². The van der Waals surface area contributed by atoms with E-state index in [1.54, 1.807) is 13.8 Å². The molecule has 0 aromatic heterocycles. The Bertz CT molecular complexity index is 650. The highest BCUT2D eigenvalue weighted by Gasteiger charge is 2.24. The molecule has 7 nitrogen and oxygen atoms in total. The monoisotopic (exact) mass is 328 g/mol. The van der Waals surface area contributed by atoms with Crippen molar-refractivity contribution in [3.63, 3.8) is 0 Å². The first kappa shape index (κ1) is 18.1. The van der Waals surface area contributed by atoms with Crippen LogP contribution in [0.5, 0.6) is 0 Å². The van der Waals surface area contributed by atoms with Crippen LogP contribution in [0.25, 0.3) is 0 Å². The van der Waals surface area contributed by atoms with Crippen molar-refractivity contribution < 1.29 is 23.1 Å². The zero-order chi connectivity index (χ0) is 17.1. The number of amides is 1. The van der Waals surface area contributed by atoms with E-state index in [4.69, 9.17) is 5.11 Å². The molecule has 1 amide bonds. The van der Waals surface area contributed by atoms with Gasteiger partial charge in [-0.2, -0.15) is 0 Å². The van der Waals surface area contributed by atoms with E-state index < -0.39 is 27.9 Å². The number of hydrogen-bond donors (Lipinski definition) is 2. The van der Waals surface area contributed by atoms with Crippen LogP contribution in [0, 0.1) is 5.92 Å². The molecule has 0 saturated heterocycles. The Labute approximate surface area is 130 Å². The normalized spacial score (nSPS) is 13.2. The number of rotatable bonds is 6. The average Bonchev–Trinajstić information content (AvgIpc) is 2.43. The van der Waals surface area contributed by atoms with Gasteiger partial charge in [0.25, 0.3) is 5.91 Å². The van der Waals surface area contributed by atoms with Gasteiger partial charge in [-0.15, -0.1) is 0 Å². The molecule has 1 rings (SSSR count). The predicted octanol–water partition coefficient (Wildman–Crippen LogP) is 0.776. The fourth-order valence-electron chi connectivity index (χ4n) is 1.73. The van der Waals surface area contributed by atoms with E-state index in [1.165, 1.54) is 38.4 Å². The minimum Gasteiger partial charge on any atom is -0.480 e. The molecule has 0 radical (unpaired) electrons. The highest BCUT2D eigenvalue weighted by molar-refractivity contribution is 7.89. The van der Waals surface area contributed by atoms with E-state index in [2.05, 4.69) is 5.32 Å². The number of nitrogens with one attached hydrogen (secondary N) is 1. The molecule has 0 unspecified atom stereocenters. The highest BCUT2D eigenvalue weighted by Crippen LogP contribution is 2.14. The SMILES string of the molecule is CC(C)[C@@H](NC(=O)c1ccc(S(=O)(=O)N(C)C)cc1)C(=O)O. The Morgan fingerprint density at radius 3 is 2.00 bits per heavy atom. The zero-order valence-electron chi connectivity index (χ0n) is 12.9. The van der Waals surface area contributed by atoms with Crippen molar-refractivity contribution in [2.24, 2.45) is 5.92 Å². The summed E-state index contributed by atoms with van der Waals surface area (Å²) < 4.78 is 24.9. The average molecular weight is 328 g/mol. The Kier molecular flexibility index (Phi) is 5.67. The van der Waals surface area contributed by atoms with Crippen molar-refractivity contribution >= 4 is 21.9 Å². The van der Waals surface area contributed by atoms with E-state index in [0.717, 1.165) is 4.31 Å². The first-order valence-electron chi connectivity index (χ1n) is 6.63. The number of hydrogen-bond acceptors (Lipinski definition) is 4. The second-order valence-electron chi connectivity index (χ2n) is 5.35. The van der Waals surface area contributed by atoms with Crippen molar-refractivity contribution in [2.45, 2.75) is 24.8 Å². The number of carbonyl (C=O) groups is 2. The van der Waals surface area contributed by atoms with Crippen molar-refractivity contribution in [1.29, 1.82) is 0 Å². The lowest BCUT2D eigenvalue weighted by Gasteiger charge is -2.18. The van der Waals surface area contributed by atoms with E-state index in [-0.39, 0.29) is 16.4 Å². The molecule has 0 aliphatic heterocycles. The van der Waals surface area contributed by atoms with Gasteiger partial charge in [-0.25, -0.2) is 17.5 Å². The first-order chi connectivity index (χ1) is 10.1. The third-order valence-corrected chi connectivity index (χ3v) is 4.94. The number of benzene rings is 1. The van der Waals surface area contributed by atoms with Crippen LogP contribution in [0.4, 0.5) is 0 Å². The minimum atomic E-state index is -3.56. The van der Waals surface area contributed by atoms with Gasteiger partial charge < -0.3 is 10.4 Å². The van der Waals surface area contributed by atoms with E-state index in [1.807, 2.05) is 0 Å². The third kappa shape index (κ3) is 4.05. The molecule has 1 aromatic carbocycles. The second kappa shape index (κ2) is 6.89. The third-order valence-electron chi connectivity index (χ3n) is 3.11. The van der Waals surface area contributed by atoms with Gasteiger partial charge in [-0.05, 0) is 30.2 Å². The Balaban J connectivity index is 2.96. The summed E-state index contributed by atoms with van der Waals surface area (Å²) in [5.41, 5.74) is 0.199. The van der Waals surface area contributed by atoms with Crippen molar-refractivity contribution in [1.82, 2.24) is 9.62 Å². The summed E-state index contributed by atoms with van der Waals surface area (Å²) in [7, 11) is -0.736. The molecular formula is C14H20N2O5S. The standard InChI is InChI=1S/C14H20N2O5S/c1-9(2)12(14(18)19)15-13(17)10-5-7-11(8-6-10)22(20,21)16(3)4/h5-9,12H,1-4H3,(H,15,17)(H,18,19)/t12-/m1/s1. The summed E-state index contributed by atoms with van der Waals surface area (Å²) in [6, 6.07) is 4.33. The molecule has 0 aliphatic carbocycles. The summed E-state index contributed by atoms with van der Waals surface area (Å²) in [6.07, 6.45) is 0. The number of carboxylic acids is 1. The highest BCUT2D eigenvalue weighted by atomic mass is 32.2. The molecule has 0 aliphatic rings. The van der Waals surface area contributed by atoms with Gasteiger partial charge in [-0.1, -0.05) is 13.8 Å². The van der Waals surface area contributed by atoms with Crippen LogP contribution in [0.1, 0.15) is 24.2 Å². The molecular weight excluding hydrogens is 308 g/mol. The summed E-state index contributed by atoms with van der Waals surface area (Å²) in [6.45, 7) is 3.37. The molecule has 0 saturated carbocycles. The maximum atomic E-state index is 12.0. The summed E-state index contributed by atoms with van der Waals surface area (Å²) in [5, 5.41) is 11.5. The van der Waals surface area contributed by atoms with Crippen LogP contribution < -0.4 is 5.32 Å². The molecule has 0 spiro atoms. The van der Waals surface area contributed by atoms with Gasteiger partial charge >= 0.3 is 5.97 Å². The Morgan fingerprint density at radius 2 is 1.64 bits per heavy atom. The van der Waals surface area contributed by atoms with E-state index in [0.29, 0.717) is 0 Å². The number of nitrogens with zero attached hydrogens (tertiary/aromatic N) is 1. The summed E-state index contributed by atoms with van der Waals surface area (Å²) in [4.78, 5) is 23.2. The van der Waals surface area contributed by atoms with E-state index >= 15 is 0 Å². The minimum absolute atomic E-state index is 0.0627. The van der Waals surface area contributed by atoms with Crippen LogP contribution in [-0.4, -0.2) is 49.8 Å². The number of carbonyl (C=O) groups excluding carboxylic acids is 1. The molecule has 0 heterocycles. The molecule has 0 fully saturated rings. The largest absolute Gasteiger partial charge is 0.480 e. The van der Waals surface area contributed by atoms with Crippen molar-refractivity contribution in [2.75, 3.05) is 14.1 Å². The number of aliphatic carboxylic acids is 1. The van der Waals surface area contributed by atoms with Crippen LogP contribution in [-0.2, 0) is 14.8 Å². The van der Waals surface area contributed by atoms with Crippen LogP contribution in [0.15, 0.2) is 29.2 Å². The van der Waals surface area contributed by atoms with Crippen LogP contribution in [0.2, 0.25) is 0 Å². The first-order valence-corrected chi connectivity index (χ1v) is 8.07. The maximum absolute atomic E-state index is 12.0. The predicted molar refractivity (Wildman–Crippen MR) is 81.0 cm³/mol. The lowest BCUT2D eigenvalue weighted by Crippen LogP contribution is -2.44. The molecule has 1 atom stereocenters. The second-order valence-corrected chi connectivity index (χ2v) is 7.50. The lowest BCUT2D eigenvalue weighted by molar-refractivity contribution is -0.140. The Hall–Kier alpha value is -1.93. The molecule has 2 N–H and O–H groups in total.